The Labute approximate surface area is 102 Å². The lowest BCUT2D eigenvalue weighted by Crippen LogP contribution is -2.19. The summed E-state index contributed by atoms with van der Waals surface area (Å²) in [5.41, 5.74) is 0. The highest BCUT2D eigenvalue weighted by Crippen LogP contribution is 2.09. The highest BCUT2D eigenvalue weighted by molar-refractivity contribution is 5.66. The molecule has 0 aromatic carbocycles. The zero-order valence-corrected chi connectivity index (χ0v) is 8.75. The summed E-state index contributed by atoms with van der Waals surface area (Å²) in [6.07, 6.45) is 2.92. The Kier molecular flexibility index (Phi) is 22.2. The first kappa shape index (κ1) is 24.6. The number of ether oxygens (including phenoxy) is 1. The van der Waals surface area contributed by atoms with Gasteiger partial charge in [0.25, 0.3) is 0 Å². The average molecular weight is 236 g/mol. The van der Waals surface area contributed by atoms with Gasteiger partial charge < -0.3 is 9.84 Å². The van der Waals surface area contributed by atoms with E-state index in [0.29, 0.717) is 6.42 Å². The van der Waals surface area contributed by atoms with Crippen molar-refractivity contribution in [3.05, 3.63) is 0 Å². The zero-order chi connectivity index (χ0) is 10.3. The third kappa shape index (κ3) is 15.9. The predicted octanol–water partition coefficient (Wildman–Crippen LogP) is 3.79. The first-order valence-corrected chi connectivity index (χ1v) is 4.91. The van der Waals surface area contributed by atoms with Gasteiger partial charge in [-0.15, -0.1) is 0 Å². The molecule has 102 valence electrons. The number of hydrogen-bond acceptors (Lipinski definition) is 3. The van der Waals surface area contributed by atoms with Gasteiger partial charge in [0.15, 0.2) is 0 Å². The van der Waals surface area contributed by atoms with Crippen LogP contribution in [0.25, 0.3) is 0 Å². The summed E-state index contributed by atoms with van der Waals surface area (Å²) < 4.78 is 4.90. The Morgan fingerprint density at radius 1 is 1.31 bits per heavy atom. The molecule has 0 bridgehead atoms. The van der Waals surface area contributed by atoms with Crippen LogP contribution < -0.4 is 0 Å². The molecule has 0 saturated carbocycles. The molecule has 0 spiro atoms. The molecule has 0 amide bonds. The van der Waals surface area contributed by atoms with Gasteiger partial charge in [0.2, 0.25) is 0 Å². The number of hydrogen-bond donors (Lipinski definition) is 1. The molecular formula is C13H32O3. The van der Waals surface area contributed by atoms with Crippen molar-refractivity contribution in [3.8, 4) is 0 Å². The third-order valence-electron chi connectivity index (χ3n) is 1.86. The first-order valence-electron chi connectivity index (χ1n) is 4.91. The van der Waals surface area contributed by atoms with Gasteiger partial charge in [-0.1, -0.05) is 42.0 Å². The normalized spacial score (nSPS) is 12.2. The highest BCUT2D eigenvalue weighted by Gasteiger charge is 2.11. The van der Waals surface area contributed by atoms with E-state index in [0.717, 1.165) is 19.3 Å². The molecule has 0 aliphatic heterocycles. The van der Waals surface area contributed by atoms with Crippen molar-refractivity contribution < 1.29 is 14.6 Å². The summed E-state index contributed by atoms with van der Waals surface area (Å²) in [7, 11) is 0. The van der Waals surface area contributed by atoms with E-state index in [2.05, 4.69) is 6.92 Å². The molecule has 16 heavy (non-hydrogen) atoms. The summed E-state index contributed by atoms with van der Waals surface area (Å²) in [5, 5.41) is 9.47. The Hall–Kier alpha value is -0.570. The van der Waals surface area contributed by atoms with Crippen molar-refractivity contribution in [1.29, 1.82) is 0 Å². The molecule has 0 aliphatic rings. The maximum atomic E-state index is 10.5. The van der Waals surface area contributed by atoms with Crippen LogP contribution in [-0.2, 0) is 9.53 Å². The van der Waals surface area contributed by atoms with E-state index >= 15 is 0 Å². The second-order valence-corrected chi connectivity index (χ2v) is 3.45. The minimum absolute atomic E-state index is 0. The summed E-state index contributed by atoms with van der Waals surface area (Å²) in [5.74, 6) is -0.282. The quantitative estimate of drug-likeness (QED) is 0.714. The average Bonchev–Trinajstić information content (AvgIpc) is 1.98. The molecule has 0 fully saturated rings. The van der Waals surface area contributed by atoms with E-state index in [-0.39, 0.29) is 40.5 Å². The van der Waals surface area contributed by atoms with E-state index in [1.165, 1.54) is 6.92 Å². The largest absolute Gasteiger partial charge is 0.463 e. The molecule has 3 heteroatoms. The molecule has 0 aliphatic carbocycles. The van der Waals surface area contributed by atoms with Crippen LogP contribution >= 0.6 is 0 Å². The predicted molar refractivity (Wildman–Crippen MR) is 71.6 cm³/mol. The molecular weight excluding hydrogens is 204 g/mol. The summed E-state index contributed by atoms with van der Waals surface area (Å²) in [6, 6.07) is 0. The first-order chi connectivity index (χ1) is 6.06. The molecule has 1 N–H and O–H groups in total. The molecule has 0 rings (SSSR count). The van der Waals surface area contributed by atoms with Crippen LogP contribution in [0.1, 0.15) is 68.7 Å². The van der Waals surface area contributed by atoms with E-state index in [1.807, 2.05) is 0 Å². The van der Waals surface area contributed by atoms with E-state index < -0.39 is 0 Å². The third-order valence-corrected chi connectivity index (χ3v) is 1.86. The SMILES string of the molecule is C.C.C.CCCCC(O)CC(C)OC(C)=O. The smallest absolute Gasteiger partial charge is 0.302 e. The number of rotatable bonds is 6. The summed E-state index contributed by atoms with van der Waals surface area (Å²) >= 11 is 0. The van der Waals surface area contributed by atoms with Crippen LogP contribution in [0.5, 0.6) is 0 Å². The molecule has 0 aromatic heterocycles. The van der Waals surface area contributed by atoms with Crippen LogP contribution in [0.2, 0.25) is 0 Å². The van der Waals surface area contributed by atoms with E-state index in [4.69, 9.17) is 4.74 Å². The molecule has 3 nitrogen and oxygen atoms in total. The van der Waals surface area contributed by atoms with Crippen LogP contribution in [0.15, 0.2) is 0 Å². The fourth-order valence-corrected chi connectivity index (χ4v) is 1.27. The van der Waals surface area contributed by atoms with Crippen LogP contribution in [0.3, 0.4) is 0 Å². The van der Waals surface area contributed by atoms with Crippen molar-refractivity contribution in [2.75, 3.05) is 0 Å². The number of aliphatic hydroxyl groups excluding tert-OH is 1. The van der Waals surface area contributed by atoms with Gasteiger partial charge in [-0.25, -0.2) is 0 Å². The van der Waals surface area contributed by atoms with Gasteiger partial charge >= 0.3 is 5.97 Å². The number of unbranched alkanes of at least 4 members (excludes halogenated alkanes) is 1. The number of carbonyl (C=O) groups is 1. The highest BCUT2D eigenvalue weighted by atomic mass is 16.5. The monoisotopic (exact) mass is 236 g/mol. The topological polar surface area (TPSA) is 46.5 Å². The lowest BCUT2D eigenvalue weighted by Gasteiger charge is -2.15. The molecule has 2 unspecified atom stereocenters. The van der Waals surface area contributed by atoms with Gasteiger partial charge in [0, 0.05) is 13.3 Å². The molecule has 0 radical (unpaired) electrons. The fourth-order valence-electron chi connectivity index (χ4n) is 1.27. The Balaban J connectivity index is -0.000000240. The van der Waals surface area contributed by atoms with Gasteiger partial charge in [0.05, 0.1) is 6.10 Å². The maximum absolute atomic E-state index is 10.5. The van der Waals surface area contributed by atoms with Gasteiger partial charge in [-0.05, 0) is 13.3 Å². The number of aliphatic hydroxyl groups is 1. The standard InChI is InChI=1S/C10H20O3.3CH4/c1-4-5-6-10(12)7-8(2)13-9(3)11;;;/h8,10,12H,4-7H2,1-3H3;3*1H4. The molecule has 2 atom stereocenters. The Bertz CT molecular complexity index is 146. The van der Waals surface area contributed by atoms with Crippen molar-refractivity contribution in [2.24, 2.45) is 0 Å². The summed E-state index contributed by atoms with van der Waals surface area (Å²) in [6.45, 7) is 5.27. The van der Waals surface area contributed by atoms with Crippen molar-refractivity contribution in [1.82, 2.24) is 0 Å². The van der Waals surface area contributed by atoms with E-state index in [9.17, 15) is 9.90 Å². The van der Waals surface area contributed by atoms with Crippen LogP contribution in [0.4, 0.5) is 0 Å². The Morgan fingerprint density at radius 3 is 2.19 bits per heavy atom. The van der Waals surface area contributed by atoms with Gasteiger partial charge in [-0.2, -0.15) is 0 Å². The minimum Gasteiger partial charge on any atom is -0.463 e. The van der Waals surface area contributed by atoms with Gasteiger partial charge in [-0.3, -0.25) is 4.79 Å². The molecule has 0 heterocycles. The summed E-state index contributed by atoms with van der Waals surface area (Å²) in [4.78, 5) is 10.5. The van der Waals surface area contributed by atoms with E-state index in [1.54, 1.807) is 6.92 Å². The maximum Gasteiger partial charge on any atom is 0.302 e. The van der Waals surface area contributed by atoms with Crippen LogP contribution in [0, 0.1) is 0 Å². The number of carbonyl (C=O) groups excluding carboxylic acids is 1. The second kappa shape index (κ2) is 14.4. The minimum atomic E-state index is -0.339. The lowest BCUT2D eigenvalue weighted by molar-refractivity contribution is -0.146. The van der Waals surface area contributed by atoms with Crippen molar-refractivity contribution in [2.45, 2.75) is 80.9 Å². The fraction of sp³-hybridized carbons (Fsp3) is 0.923. The van der Waals surface area contributed by atoms with Gasteiger partial charge in [0.1, 0.15) is 6.10 Å². The van der Waals surface area contributed by atoms with Crippen LogP contribution in [-0.4, -0.2) is 23.3 Å². The molecule has 0 saturated heterocycles. The molecule has 0 aromatic rings. The Morgan fingerprint density at radius 2 is 1.81 bits per heavy atom. The zero-order valence-electron chi connectivity index (χ0n) is 8.75. The number of esters is 1. The van der Waals surface area contributed by atoms with Crippen molar-refractivity contribution in [3.63, 3.8) is 0 Å². The second-order valence-electron chi connectivity index (χ2n) is 3.45. The van der Waals surface area contributed by atoms with Crippen molar-refractivity contribution >= 4 is 5.97 Å². The lowest BCUT2D eigenvalue weighted by atomic mass is 10.1.